The Bertz CT molecular complexity index is 928. The smallest absolute Gasteiger partial charge is 0.216 e. The third-order valence-electron chi connectivity index (χ3n) is 3.62. The number of pyridine rings is 1. The van der Waals surface area contributed by atoms with E-state index < -0.39 is 0 Å². The predicted octanol–water partition coefficient (Wildman–Crippen LogP) is 4.06. The number of nitrogens with zero attached hydrogens (tertiary/aromatic N) is 1. The highest BCUT2D eigenvalue weighted by Gasteiger charge is 2.06. The number of carbonyl (C=O) groups is 1. The number of aromatic nitrogens is 1. The van der Waals surface area contributed by atoms with Crippen LogP contribution in [0.1, 0.15) is 12.6 Å². The van der Waals surface area contributed by atoms with Gasteiger partial charge in [-0.3, -0.25) is 9.78 Å². The molecule has 0 saturated heterocycles. The van der Waals surface area contributed by atoms with E-state index in [0.717, 1.165) is 16.6 Å². The molecule has 2 aromatic carbocycles. The maximum Gasteiger partial charge on any atom is 0.216 e. The lowest BCUT2D eigenvalue weighted by molar-refractivity contribution is -0.118. The second-order valence-corrected chi connectivity index (χ2v) is 6.01. The second kappa shape index (κ2) is 7.40. The van der Waals surface area contributed by atoms with Crippen molar-refractivity contribution in [1.82, 2.24) is 10.3 Å². The summed E-state index contributed by atoms with van der Waals surface area (Å²) in [7, 11) is 0. The van der Waals surface area contributed by atoms with Crippen molar-refractivity contribution in [3.8, 4) is 17.2 Å². The Hall–Kier alpha value is -2.79. The molecule has 5 nitrogen and oxygen atoms in total. The average Bonchev–Trinajstić information content (AvgIpc) is 2.57. The maximum absolute atomic E-state index is 10.9. The first kappa shape index (κ1) is 17.0. The molecule has 0 fully saturated rings. The molecule has 2 N–H and O–H groups in total. The van der Waals surface area contributed by atoms with Crippen molar-refractivity contribution in [3.05, 3.63) is 59.2 Å². The van der Waals surface area contributed by atoms with Crippen LogP contribution in [0.4, 0.5) is 0 Å². The van der Waals surface area contributed by atoms with Crippen LogP contribution in [0.3, 0.4) is 0 Å². The highest BCUT2D eigenvalue weighted by molar-refractivity contribution is 6.32. The SMILES string of the molecule is CC(=O)NCCc1ccc2cc(Oc3ccc(O)cc3Cl)ccc2n1. The molecule has 0 aliphatic carbocycles. The molecule has 0 saturated carbocycles. The number of benzene rings is 2. The number of halogens is 1. The van der Waals surface area contributed by atoms with Gasteiger partial charge in [0.15, 0.2) is 0 Å². The van der Waals surface area contributed by atoms with Crippen LogP contribution in [-0.4, -0.2) is 22.5 Å². The van der Waals surface area contributed by atoms with E-state index >= 15 is 0 Å². The van der Waals surface area contributed by atoms with Crippen molar-refractivity contribution < 1.29 is 14.6 Å². The Balaban J connectivity index is 1.77. The number of rotatable bonds is 5. The van der Waals surface area contributed by atoms with E-state index in [1.165, 1.54) is 19.1 Å². The number of amides is 1. The fraction of sp³-hybridized carbons (Fsp3) is 0.158. The van der Waals surface area contributed by atoms with Gasteiger partial charge in [0.1, 0.15) is 17.2 Å². The molecule has 0 atom stereocenters. The molecule has 0 spiro atoms. The lowest BCUT2D eigenvalue weighted by atomic mass is 10.1. The molecule has 128 valence electrons. The van der Waals surface area contributed by atoms with Crippen LogP contribution < -0.4 is 10.1 Å². The van der Waals surface area contributed by atoms with Gasteiger partial charge < -0.3 is 15.2 Å². The molecule has 1 amide bonds. The molecule has 3 rings (SSSR count). The zero-order valence-electron chi connectivity index (χ0n) is 13.6. The van der Waals surface area contributed by atoms with Crippen molar-refractivity contribution >= 4 is 28.4 Å². The Morgan fingerprint density at radius 2 is 2.04 bits per heavy atom. The number of phenolic OH excluding ortho intramolecular Hbond substituents is 1. The topological polar surface area (TPSA) is 71.5 Å². The van der Waals surface area contributed by atoms with E-state index in [9.17, 15) is 9.90 Å². The lowest BCUT2D eigenvalue weighted by Gasteiger charge is -2.09. The summed E-state index contributed by atoms with van der Waals surface area (Å²) in [6.45, 7) is 2.06. The Kier molecular flexibility index (Phi) is 5.05. The molecule has 0 radical (unpaired) electrons. The Morgan fingerprint density at radius 1 is 1.20 bits per heavy atom. The summed E-state index contributed by atoms with van der Waals surface area (Å²) in [6.07, 6.45) is 0.677. The van der Waals surface area contributed by atoms with Gasteiger partial charge in [-0.1, -0.05) is 17.7 Å². The highest BCUT2D eigenvalue weighted by atomic mass is 35.5. The molecular formula is C19H17ClN2O3. The summed E-state index contributed by atoms with van der Waals surface area (Å²) in [5.74, 6) is 1.15. The van der Waals surface area contributed by atoms with Gasteiger partial charge in [-0.25, -0.2) is 0 Å². The number of carbonyl (C=O) groups excluding carboxylic acids is 1. The summed E-state index contributed by atoms with van der Waals surface area (Å²) in [6, 6.07) is 14.0. The maximum atomic E-state index is 10.9. The summed E-state index contributed by atoms with van der Waals surface area (Å²) >= 11 is 6.06. The highest BCUT2D eigenvalue weighted by Crippen LogP contribution is 2.33. The van der Waals surface area contributed by atoms with Crippen LogP contribution in [-0.2, 0) is 11.2 Å². The second-order valence-electron chi connectivity index (χ2n) is 5.61. The Labute approximate surface area is 150 Å². The molecule has 0 aliphatic rings. The predicted molar refractivity (Wildman–Crippen MR) is 97.3 cm³/mol. The van der Waals surface area contributed by atoms with E-state index in [4.69, 9.17) is 16.3 Å². The van der Waals surface area contributed by atoms with Crippen LogP contribution in [0.25, 0.3) is 10.9 Å². The van der Waals surface area contributed by atoms with E-state index in [-0.39, 0.29) is 11.7 Å². The van der Waals surface area contributed by atoms with Crippen LogP contribution in [0.5, 0.6) is 17.2 Å². The normalized spacial score (nSPS) is 10.6. The molecule has 1 heterocycles. The van der Waals surface area contributed by atoms with Crippen molar-refractivity contribution in [2.45, 2.75) is 13.3 Å². The standard InChI is InChI=1S/C19H17ClN2O3/c1-12(23)21-9-8-14-3-2-13-10-16(5-6-18(13)22-14)25-19-7-4-15(24)11-17(19)20/h2-7,10-11,24H,8-9H2,1H3,(H,21,23). The summed E-state index contributed by atoms with van der Waals surface area (Å²) in [5, 5.41) is 13.4. The molecular weight excluding hydrogens is 340 g/mol. The first-order valence-corrected chi connectivity index (χ1v) is 8.19. The molecule has 6 heteroatoms. The lowest BCUT2D eigenvalue weighted by Crippen LogP contribution is -2.22. The van der Waals surface area contributed by atoms with Gasteiger partial charge in [0.2, 0.25) is 5.91 Å². The van der Waals surface area contributed by atoms with E-state index in [1.807, 2.05) is 30.3 Å². The summed E-state index contributed by atoms with van der Waals surface area (Å²) in [5.41, 5.74) is 1.76. The quantitative estimate of drug-likeness (QED) is 0.723. The largest absolute Gasteiger partial charge is 0.508 e. The summed E-state index contributed by atoms with van der Waals surface area (Å²) < 4.78 is 5.78. The molecule has 25 heavy (non-hydrogen) atoms. The molecule has 3 aromatic rings. The van der Waals surface area contributed by atoms with Crippen LogP contribution in [0, 0.1) is 0 Å². The minimum Gasteiger partial charge on any atom is -0.508 e. The zero-order chi connectivity index (χ0) is 17.8. The van der Waals surface area contributed by atoms with Gasteiger partial charge in [-0.15, -0.1) is 0 Å². The fourth-order valence-corrected chi connectivity index (χ4v) is 2.63. The molecule has 0 bridgehead atoms. The van der Waals surface area contributed by atoms with Gasteiger partial charge in [-0.2, -0.15) is 0 Å². The number of fused-ring (bicyclic) bond motifs is 1. The van der Waals surface area contributed by atoms with Crippen molar-refractivity contribution in [2.24, 2.45) is 0 Å². The van der Waals surface area contributed by atoms with Crippen molar-refractivity contribution in [2.75, 3.05) is 6.54 Å². The van der Waals surface area contributed by atoms with E-state index in [0.29, 0.717) is 29.5 Å². The first-order chi connectivity index (χ1) is 12.0. The van der Waals surface area contributed by atoms with Gasteiger partial charge in [0.25, 0.3) is 0 Å². The number of ether oxygens (including phenoxy) is 1. The number of phenols is 1. The number of hydrogen-bond donors (Lipinski definition) is 2. The zero-order valence-corrected chi connectivity index (χ0v) is 14.4. The van der Waals surface area contributed by atoms with Gasteiger partial charge in [0.05, 0.1) is 10.5 Å². The molecule has 1 aromatic heterocycles. The van der Waals surface area contributed by atoms with Crippen LogP contribution in [0.2, 0.25) is 5.02 Å². The average molecular weight is 357 g/mol. The van der Waals surface area contributed by atoms with E-state index in [1.54, 1.807) is 6.07 Å². The third-order valence-corrected chi connectivity index (χ3v) is 3.91. The van der Waals surface area contributed by atoms with E-state index in [2.05, 4.69) is 10.3 Å². The van der Waals surface area contributed by atoms with Gasteiger partial charge in [-0.05, 0) is 36.4 Å². The van der Waals surface area contributed by atoms with Gasteiger partial charge >= 0.3 is 0 Å². The number of nitrogens with one attached hydrogen (secondary N) is 1. The molecule has 0 aliphatic heterocycles. The monoisotopic (exact) mass is 356 g/mol. The number of aromatic hydroxyl groups is 1. The Morgan fingerprint density at radius 3 is 2.80 bits per heavy atom. The minimum atomic E-state index is -0.0459. The van der Waals surface area contributed by atoms with Gasteiger partial charge in [0, 0.05) is 37.0 Å². The van der Waals surface area contributed by atoms with Crippen molar-refractivity contribution in [1.29, 1.82) is 0 Å². The third kappa shape index (κ3) is 4.39. The minimum absolute atomic E-state index is 0.0459. The van der Waals surface area contributed by atoms with Crippen molar-refractivity contribution in [3.63, 3.8) is 0 Å². The molecule has 0 unspecified atom stereocenters. The summed E-state index contributed by atoms with van der Waals surface area (Å²) in [4.78, 5) is 15.5. The van der Waals surface area contributed by atoms with Crippen LogP contribution >= 0.6 is 11.6 Å². The van der Waals surface area contributed by atoms with Crippen LogP contribution in [0.15, 0.2) is 48.5 Å². The fourth-order valence-electron chi connectivity index (χ4n) is 2.41. The number of hydrogen-bond acceptors (Lipinski definition) is 4. The first-order valence-electron chi connectivity index (χ1n) is 7.82.